The number of carboxylic acid groups (broad SMARTS) is 3. The van der Waals surface area contributed by atoms with Crippen LogP contribution in [0.25, 0.3) is 0 Å². The average Bonchev–Trinajstić information content (AvgIpc) is 2.94. The van der Waals surface area contributed by atoms with Crippen molar-refractivity contribution in [3.05, 3.63) is 12.3 Å². The molecule has 41 heavy (non-hydrogen) atoms. The number of quaternary nitrogens is 1. The van der Waals surface area contributed by atoms with E-state index in [9.17, 15) is 29.7 Å². The number of hydrogen-bond donors (Lipinski definition) is 2. The van der Waals surface area contributed by atoms with Gasteiger partial charge in [-0.1, -0.05) is 118 Å². The van der Waals surface area contributed by atoms with Gasteiger partial charge in [0.05, 0.1) is 31.8 Å². The summed E-state index contributed by atoms with van der Waals surface area (Å²) in [6.45, 7) is 8.13. The first-order chi connectivity index (χ1) is 19.7. The molecule has 0 aromatic heterocycles. The van der Waals surface area contributed by atoms with Gasteiger partial charge in [-0.2, -0.15) is 0 Å². The van der Waals surface area contributed by atoms with Crippen LogP contribution in [0.4, 0.5) is 0 Å². The third-order valence-corrected chi connectivity index (χ3v) is 8.66. The average molecular weight is 582 g/mol. The topological polar surface area (TPSA) is 115 Å². The fourth-order valence-electron chi connectivity index (χ4n) is 5.79. The quantitative estimate of drug-likeness (QED) is 0.0695. The van der Waals surface area contributed by atoms with Gasteiger partial charge in [0.2, 0.25) is 0 Å². The Labute approximate surface area is 251 Å². The summed E-state index contributed by atoms with van der Waals surface area (Å²) in [4.78, 5) is 35.7. The third kappa shape index (κ3) is 19.0. The molecular formula is C34H63NO6. The van der Waals surface area contributed by atoms with Gasteiger partial charge >= 0.3 is 11.9 Å². The number of aliphatic carboxylic acids is 3. The molecule has 0 saturated carbocycles. The first kappa shape index (κ1) is 39.1. The lowest BCUT2D eigenvalue weighted by Gasteiger charge is -2.41. The maximum absolute atomic E-state index is 11.9. The molecule has 0 heterocycles. The van der Waals surface area contributed by atoms with Gasteiger partial charge in [0.15, 0.2) is 0 Å². The van der Waals surface area contributed by atoms with E-state index in [1.165, 1.54) is 83.5 Å². The van der Waals surface area contributed by atoms with E-state index in [0.717, 1.165) is 19.3 Å². The molecule has 0 radical (unpaired) electrons. The molecule has 0 aliphatic carbocycles. The second-order valence-electron chi connectivity index (χ2n) is 12.2. The Morgan fingerprint density at radius 3 is 1.24 bits per heavy atom. The minimum Gasteiger partial charge on any atom is -0.550 e. The number of carbonyl (C=O) groups excluding carboxylic acids is 1. The molecular weight excluding hydrogens is 518 g/mol. The van der Waals surface area contributed by atoms with Crippen molar-refractivity contribution in [3.8, 4) is 0 Å². The molecule has 0 aliphatic rings. The minimum absolute atomic E-state index is 0.0425. The molecule has 240 valence electrons. The van der Waals surface area contributed by atoms with Crippen LogP contribution in [-0.2, 0) is 14.4 Å². The number of hydrogen-bond acceptors (Lipinski definition) is 4. The van der Waals surface area contributed by atoms with E-state index in [1.54, 1.807) is 20.8 Å². The van der Waals surface area contributed by atoms with Crippen molar-refractivity contribution in [1.29, 1.82) is 0 Å². The van der Waals surface area contributed by atoms with E-state index in [1.807, 2.05) is 12.3 Å². The minimum atomic E-state index is -1.17. The van der Waals surface area contributed by atoms with Gasteiger partial charge in [-0.15, -0.1) is 0 Å². The zero-order valence-corrected chi connectivity index (χ0v) is 26.9. The van der Waals surface area contributed by atoms with Crippen LogP contribution in [0.5, 0.6) is 0 Å². The number of allylic oxidation sites excluding steroid dienone is 1. The Morgan fingerprint density at radius 1 is 0.585 bits per heavy atom. The van der Waals surface area contributed by atoms with Crippen LogP contribution in [0.1, 0.15) is 150 Å². The summed E-state index contributed by atoms with van der Waals surface area (Å²) in [6.07, 6.45) is 25.4. The van der Waals surface area contributed by atoms with Gasteiger partial charge in [0.25, 0.3) is 0 Å². The zero-order chi connectivity index (χ0) is 30.9. The van der Waals surface area contributed by atoms with E-state index in [4.69, 9.17) is 0 Å². The summed E-state index contributed by atoms with van der Waals surface area (Å²) in [5.74, 6) is -5.18. The van der Waals surface area contributed by atoms with Crippen molar-refractivity contribution in [1.82, 2.24) is 0 Å². The summed E-state index contributed by atoms with van der Waals surface area (Å²) in [6, 6.07) is 0. The fraction of sp³-hybridized carbons (Fsp3) is 0.853. The van der Waals surface area contributed by atoms with Crippen LogP contribution >= 0.6 is 0 Å². The van der Waals surface area contributed by atoms with Crippen LogP contribution in [0, 0.1) is 17.8 Å². The molecule has 0 spiro atoms. The number of rotatable bonds is 29. The van der Waals surface area contributed by atoms with Crippen LogP contribution in [-0.4, -0.2) is 52.2 Å². The Hall–Kier alpha value is -1.89. The van der Waals surface area contributed by atoms with Gasteiger partial charge in [-0.05, 0) is 38.2 Å². The van der Waals surface area contributed by atoms with Gasteiger partial charge in [0, 0.05) is 5.92 Å². The first-order valence-electron chi connectivity index (χ1n) is 16.9. The van der Waals surface area contributed by atoms with Crippen molar-refractivity contribution in [2.24, 2.45) is 17.8 Å². The van der Waals surface area contributed by atoms with E-state index in [0.29, 0.717) is 19.3 Å². The van der Waals surface area contributed by atoms with E-state index in [2.05, 4.69) is 6.92 Å². The normalized spacial score (nSPS) is 15.4. The highest BCUT2D eigenvalue weighted by Crippen LogP contribution is 2.25. The highest BCUT2D eigenvalue weighted by Gasteiger charge is 2.38. The zero-order valence-electron chi connectivity index (χ0n) is 26.9. The monoisotopic (exact) mass is 581 g/mol. The van der Waals surface area contributed by atoms with Gasteiger partial charge in [-0.3, -0.25) is 14.1 Å². The largest absolute Gasteiger partial charge is 0.550 e. The Kier molecular flexibility index (Phi) is 23.5. The lowest BCUT2D eigenvalue weighted by molar-refractivity contribution is -0.887. The standard InChI is InChI=1S/C34H63NO6/c1-5-9-10-11-12-13-14-15-16-17-18-19-20-21-22-23-24-25-35(26-29(6-2)32(36)37,27-30(7-3)33(38)39)28-31(8-4)34(40)41/h24-25,29-31H,5-23,26-28H2,1-4H3,(H2-,36,37,38,39,40,41)/b25-24+. The molecule has 0 aliphatic heterocycles. The molecule has 0 fully saturated rings. The molecule has 0 aromatic rings. The van der Waals surface area contributed by atoms with Crippen molar-refractivity contribution in [2.75, 3.05) is 19.6 Å². The fourth-order valence-corrected chi connectivity index (χ4v) is 5.79. The van der Waals surface area contributed by atoms with Crippen LogP contribution in [0.15, 0.2) is 12.3 Å². The molecule has 7 nitrogen and oxygen atoms in total. The molecule has 0 bridgehead atoms. The summed E-state index contributed by atoms with van der Waals surface area (Å²) in [5.41, 5.74) is 0. The van der Waals surface area contributed by atoms with Crippen LogP contribution < -0.4 is 5.11 Å². The predicted molar refractivity (Wildman–Crippen MR) is 165 cm³/mol. The molecule has 0 amide bonds. The lowest BCUT2D eigenvalue weighted by Crippen LogP contribution is -2.55. The smallest absolute Gasteiger partial charge is 0.312 e. The van der Waals surface area contributed by atoms with E-state index in [-0.39, 0.29) is 24.1 Å². The van der Waals surface area contributed by atoms with E-state index >= 15 is 0 Å². The Bertz CT molecular complexity index is 662. The van der Waals surface area contributed by atoms with Crippen molar-refractivity contribution < 1.29 is 34.2 Å². The summed E-state index contributed by atoms with van der Waals surface area (Å²) in [7, 11) is 0. The third-order valence-electron chi connectivity index (χ3n) is 8.66. The van der Waals surface area contributed by atoms with Gasteiger partial charge in [-0.25, -0.2) is 0 Å². The van der Waals surface area contributed by atoms with Crippen molar-refractivity contribution in [3.63, 3.8) is 0 Å². The number of carboxylic acids is 3. The highest BCUT2D eigenvalue weighted by atomic mass is 16.4. The lowest BCUT2D eigenvalue weighted by atomic mass is 9.96. The highest BCUT2D eigenvalue weighted by molar-refractivity contribution is 5.71. The Balaban J connectivity index is 4.87. The summed E-state index contributed by atoms with van der Waals surface area (Å²) in [5, 5.41) is 31.4. The molecule has 0 saturated heterocycles. The van der Waals surface area contributed by atoms with E-state index < -0.39 is 35.7 Å². The van der Waals surface area contributed by atoms with Crippen LogP contribution in [0.3, 0.4) is 0 Å². The van der Waals surface area contributed by atoms with Crippen molar-refractivity contribution >= 4 is 17.9 Å². The number of carbonyl (C=O) groups is 3. The SMILES string of the molecule is CCCCCCCCCCCCCCCCC/C=C/[N+](CC(CC)C(=O)[O-])(CC(CC)C(=O)O)CC(CC)C(=O)O. The maximum atomic E-state index is 11.9. The first-order valence-corrected chi connectivity index (χ1v) is 16.9. The summed E-state index contributed by atoms with van der Waals surface area (Å²) >= 11 is 0. The molecule has 0 rings (SSSR count). The summed E-state index contributed by atoms with van der Waals surface area (Å²) < 4.78 is 0.0425. The Morgan fingerprint density at radius 2 is 0.927 bits per heavy atom. The molecule has 2 N–H and O–H groups in total. The second-order valence-corrected chi connectivity index (χ2v) is 12.2. The van der Waals surface area contributed by atoms with Crippen molar-refractivity contribution in [2.45, 2.75) is 150 Å². The number of nitrogens with zero attached hydrogens (tertiary/aromatic N) is 1. The molecule has 7 heteroatoms. The maximum Gasteiger partial charge on any atom is 0.312 e. The van der Waals surface area contributed by atoms with Gasteiger partial charge < -0.3 is 20.1 Å². The number of unbranched alkanes of at least 4 members (excludes halogenated alkanes) is 15. The van der Waals surface area contributed by atoms with Crippen LogP contribution in [0.2, 0.25) is 0 Å². The van der Waals surface area contributed by atoms with Gasteiger partial charge in [0.1, 0.15) is 11.8 Å². The molecule has 0 aromatic carbocycles. The molecule has 3 unspecified atom stereocenters. The predicted octanol–water partition coefficient (Wildman–Crippen LogP) is 7.58. The molecule has 3 atom stereocenters. The second kappa shape index (κ2) is 24.7.